The first-order valence-corrected chi connectivity index (χ1v) is 11.5. The van der Waals surface area contributed by atoms with Gasteiger partial charge in [0, 0.05) is 30.6 Å². The van der Waals surface area contributed by atoms with Crippen LogP contribution in [0.15, 0.2) is 41.3 Å². The summed E-state index contributed by atoms with van der Waals surface area (Å²) in [7, 11) is -0.429. The molecule has 0 aromatic heterocycles. The molecule has 3 rings (SSSR count). The molecular formula is C21H31N3O5S. The van der Waals surface area contributed by atoms with E-state index in [2.05, 4.69) is 10.0 Å². The highest BCUT2D eigenvalue weighted by atomic mass is 32.2. The molecule has 1 heterocycles. The number of aliphatic hydroxyl groups excluding tert-OH is 1. The number of carboxylic acid groups (broad SMARTS) is 1. The average Bonchev–Trinajstić information content (AvgIpc) is 2.72. The number of nitrogens with one attached hydrogen (secondary N) is 2. The van der Waals surface area contributed by atoms with Crippen LogP contribution in [-0.2, 0) is 14.8 Å². The molecule has 0 amide bonds. The van der Waals surface area contributed by atoms with E-state index in [0.29, 0.717) is 5.39 Å². The highest BCUT2D eigenvalue weighted by Gasteiger charge is 2.30. The molecule has 1 aliphatic heterocycles. The number of hydrogen-bond donors (Lipinski definition) is 4. The van der Waals surface area contributed by atoms with E-state index in [1.807, 2.05) is 25.1 Å². The molecule has 1 unspecified atom stereocenters. The van der Waals surface area contributed by atoms with Gasteiger partial charge in [0.05, 0.1) is 11.0 Å². The lowest BCUT2D eigenvalue weighted by atomic mass is 10.1. The summed E-state index contributed by atoms with van der Waals surface area (Å²) < 4.78 is 27.4. The molecule has 166 valence electrons. The number of fused-ring (bicyclic) bond motifs is 1. The lowest BCUT2D eigenvalue weighted by Crippen LogP contribution is -2.47. The van der Waals surface area contributed by atoms with Gasteiger partial charge in [-0.1, -0.05) is 30.7 Å². The van der Waals surface area contributed by atoms with Crippen molar-refractivity contribution in [3.05, 3.63) is 36.4 Å². The van der Waals surface area contributed by atoms with Crippen LogP contribution in [-0.4, -0.2) is 63.9 Å². The molecule has 2 aromatic carbocycles. The molecule has 30 heavy (non-hydrogen) atoms. The van der Waals surface area contributed by atoms with E-state index in [-0.39, 0.29) is 4.90 Å². The van der Waals surface area contributed by atoms with Gasteiger partial charge in [-0.2, -0.15) is 4.72 Å². The van der Waals surface area contributed by atoms with Crippen LogP contribution in [0.2, 0.25) is 0 Å². The Morgan fingerprint density at radius 1 is 1.07 bits per heavy atom. The molecule has 4 N–H and O–H groups in total. The molecular weight excluding hydrogens is 406 g/mol. The van der Waals surface area contributed by atoms with Crippen LogP contribution in [0.3, 0.4) is 0 Å². The summed E-state index contributed by atoms with van der Waals surface area (Å²) in [5, 5.41) is 23.1. The summed E-state index contributed by atoms with van der Waals surface area (Å²) in [6.45, 7) is 3.72. The minimum Gasteiger partial charge on any atom is -0.480 e. The number of benzene rings is 2. The predicted molar refractivity (Wildman–Crippen MR) is 118 cm³/mol. The van der Waals surface area contributed by atoms with Gasteiger partial charge in [-0.25, -0.2) is 8.42 Å². The van der Waals surface area contributed by atoms with Crippen LogP contribution >= 0.6 is 0 Å². The molecule has 0 bridgehead atoms. The van der Waals surface area contributed by atoms with E-state index in [9.17, 15) is 18.3 Å². The van der Waals surface area contributed by atoms with Crippen molar-refractivity contribution in [1.82, 2.24) is 10.0 Å². The third-order valence-corrected chi connectivity index (χ3v) is 6.37. The van der Waals surface area contributed by atoms with E-state index in [4.69, 9.17) is 5.11 Å². The number of sulfonamides is 1. The molecule has 1 fully saturated rings. The quantitative estimate of drug-likeness (QED) is 0.544. The molecule has 1 aliphatic rings. The van der Waals surface area contributed by atoms with Crippen LogP contribution in [0.5, 0.6) is 0 Å². The van der Waals surface area contributed by atoms with Crippen LogP contribution in [0, 0.1) is 0 Å². The Hall–Kier alpha value is -2.20. The first-order chi connectivity index (χ1) is 14.1. The third kappa shape index (κ3) is 6.15. The maximum atomic E-state index is 12.6. The number of hydrogen-bond acceptors (Lipinski definition) is 6. The number of piperidine rings is 1. The first kappa shape index (κ1) is 24.1. The summed E-state index contributed by atoms with van der Waals surface area (Å²) in [5.41, 5.74) is 0.842. The summed E-state index contributed by atoms with van der Waals surface area (Å²) in [6.07, 6.45) is 2.84. The molecule has 0 aliphatic carbocycles. The van der Waals surface area contributed by atoms with Crippen molar-refractivity contribution in [1.29, 1.82) is 0 Å². The molecule has 2 atom stereocenters. The number of aliphatic hydroxyl groups is 1. The van der Waals surface area contributed by atoms with Gasteiger partial charge in [-0.05, 0) is 45.0 Å². The van der Waals surface area contributed by atoms with E-state index >= 15 is 0 Å². The van der Waals surface area contributed by atoms with Crippen molar-refractivity contribution in [2.75, 3.05) is 32.1 Å². The van der Waals surface area contributed by atoms with Crippen molar-refractivity contribution >= 4 is 32.5 Å². The monoisotopic (exact) mass is 437 g/mol. The smallest absolute Gasteiger partial charge is 0.324 e. The summed E-state index contributed by atoms with van der Waals surface area (Å²) >= 11 is 0. The van der Waals surface area contributed by atoms with Gasteiger partial charge >= 0.3 is 5.97 Å². The summed E-state index contributed by atoms with van der Waals surface area (Å²) in [4.78, 5) is 13.0. The largest absolute Gasteiger partial charge is 0.480 e. The highest BCUT2D eigenvalue weighted by molar-refractivity contribution is 7.89. The Bertz CT molecular complexity index is 945. The predicted octanol–water partition coefficient (Wildman–Crippen LogP) is 1.78. The van der Waals surface area contributed by atoms with Crippen molar-refractivity contribution < 1.29 is 23.4 Å². The minimum atomic E-state index is -4.13. The second-order valence-corrected chi connectivity index (χ2v) is 9.19. The van der Waals surface area contributed by atoms with Crippen molar-refractivity contribution in [2.24, 2.45) is 0 Å². The maximum absolute atomic E-state index is 12.6. The SMILES string of the molecule is C1CCNCC1.CC(O)[C@H](NS(=O)(=O)c1cccc2c(N(C)C)cccc12)C(=O)O. The Morgan fingerprint density at radius 2 is 1.67 bits per heavy atom. The van der Waals surface area contributed by atoms with Crippen molar-refractivity contribution in [3.8, 4) is 0 Å². The van der Waals surface area contributed by atoms with Crippen LogP contribution in [0.25, 0.3) is 10.8 Å². The Balaban J connectivity index is 0.000000456. The number of carbonyl (C=O) groups is 1. The molecule has 8 nitrogen and oxygen atoms in total. The van der Waals surface area contributed by atoms with Gasteiger partial charge < -0.3 is 20.4 Å². The molecule has 9 heteroatoms. The van der Waals surface area contributed by atoms with Crippen LogP contribution in [0.1, 0.15) is 26.2 Å². The summed E-state index contributed by atoms with van der Waals surface area (Å²) in [5.74, 6) is -1.44. The molecule has 0 saturated carbocycles. The normalized spacial score (nSPS) is 16.3. The third-order valence-electron chi connectivity index (χ3n) is 4.87. The number of carboxylic acids is 1. The van der Waals surface area contributed by atoms with E-state index in [0.717, 1.165) is 11.1 Å². The zero-order valence-corrected chi connectivity index (χ0v) is 18.4. The van der Waals surface area contributed by atoms with E-state index in [1.54, 1.807) is 24.3 Å². The number of rotatable bonds is 6. The summed E-state index contributed by atoms with van der Waals surface area (Å²) in [6, 6.07) is 8.44. The van der Waals surface area contributed by atoms with Gasteiger partial charge in [-0.15, -0.1) is 0 Å². The van der Waals surface area contributed by atoms with Crippen molar-refractivity contribution in [2.45, 2.75) is 43.2 Å². The van der Waals surface area contributed by atoms with Crippen molar-refractivity contribution in [3.63, 3.8) is 0 Å². The van der Waals surface area contributed by atoms with Gasteiger partial charge in [0.25, 0.3) is 0 Å². The number of anilines is 1. The van der Waals surface area contributed by atoms with Gasteiger partial charge in [0.1, 0.15) is 6.04 Å². The minimum absolute atomic E-state index is 0.0319. The van der Waals surface area contributed by atoms with Crippen LogP contribution < -0.4 is 14.9 Å². The lowest BCUT2D eigenvalue weighted by Gasteiger charge is -2.19. The Labute approximate surface area is 177 Å². The van der Waals surface area contributed by atoms with E-state index in [1.165, 1.54) is 45.3 Å². The fourth-order valence-electron chi connectivity index (χ4n) is 3.28. The first-order valence-electron chi connectivity index (χ1n) is 9.98. The van der Waals surface area contributed by atoms with E-state index < -0.39 is 28.1 Å². The maximum Gasteiger partial charge on any atom is 0.324 e. The Morgan fingerprint density at radius 3 is 2.13 bits per heavy atom. The molecule has 2 aromatic rings. The molecule has 1 saturated heterocycles. The fraction of sp³-hybridized carbons (Fsp3) is 0.476. The zero-order chi connectivity index (χ0) is 22.3. The topological polar surface area (TPSA) is 119 Å². The second kappa shape index (κ2) is 10.7. The molecule has 0 spiro atoms. The fourth-order valence-corrected chi connectivity index (χ4v) is 4.76. The zero-order valence-electron chi connectivity index (χ0n) is 17.6. The highest BCUT2D eigenvalue weighted by Crippen LogP contribution is 2.30. The molecule has 0 radical (unpaired) electrons. The van der Waals surface area contributed by atoms with Gasteiger partial charge in [0.2, 0.25) is 10.0 Å². The Kier molecular flexibility index (Phi) is 8.60. The standard InChI is InChI=1S/C16H20N2O5S.C5H11N/c1-10(19)15(16(20)21)17-24(22,23)14-9-5-6-11-12(14)7-4-8-13(11)18(2)3;1-2-4-6-5-3-1/h4-10,15,17,19H,1-3H3,(H,20,21);6H,1-5H2/t10?,15-;/m0./s1. The number of nitrogens with zero attached hydrogens (tertiary/aromatic N) is 1. The van der Waals surface area contributed by atoms with Gasteiger partial charge in [0.15, 0.2) is 0 Å². The lowest BCUT2D eigenvalue weighted by molar-refractivity contribution is -0.141. The van der Waals surface area contributed by atoms with Gasteiger partial charge in [-0.3, -0.25) is 4.79 Å². The second-order valence-electron chi connectivity index (χ2n) is 7.51. The number of aliphatic carboxylic acids is 1. The average molecular weight is 438 g/mol. The van der Waals surface area contributed by atoms with Crippen LogP contribution in [0.4, 0.5) is 5.69 Å².